The number of hydrogen-bond acceptors (Lipinski definition) is 2. The van der Waals surface area contributed by atoms with Gasteiger partial charge in [-0.3, -0.25) is 9.69 Å². The van der Waals surface area contributed by atoms with Gasteiger partial charge in [-0.05, 0) is 17.7 Å². The number of nitrogens with zero attached hydrogens (tertiary/aromatic N) is 1. The normalized spacial score (nSPS) is 11.8. The van der Waals surface area contributed by atoms with E-state index in [-0.39, 0.29) is 6.54 Å². The number of aliphatic carboxylic acids is 1. The van der Waals surface area contributed by atoms with Crippen molar-refractivity contribution in [3.63, 3.8) is 0 Å². The molecule has 0 bridgehead atoms. The molecule has 1 N–H and O–H groups in total. The molecule has 0 spiro atoms. The van der Waals surface area contributed by atoms with Crippen molar-refractivity contribution in [1.82, 2.24) is 4.90 Å². The van der Waals surface area contributed by atoms with Crippen molar-refractivity contribution >= 4 is 21.9 Å². The number of alkyl halides is 3. The zero-order valence-electron chi connectivity index (χ0n) is 9.25. The fraction of sp³-hybridized carbons (Fsp3) is 0.364. The maximum absolute atomic E-state index is 12.3. The Bertz CT molecular complexity index is 406. The van der Waals surface area contributed by atoms with Crippen LogP contribution in [0.4, 0.5) is 13.2 Å². The molecule has 7 heteroatoms. The molecule has 1 rings (SSSR count). The molecule has 100 valence electrons. The Hall–Kier alpha value is -1.08. The van der Waals surface area contributed by atoms with Gasteiger partial charge in [0.25, 0.3) is 0 Å². The number of rotatable bonds is 5. The summed E-state index contributed by atoms with van der Waals surface area (Å²) in [6, 6.07) is 6.69. The van der Waals surface area contributed by atoms with Gasteiger partial charge in [0.05, 0.1) is 13.1 Å². The van der Waals surface area contributed by atoms with E-state index in [1.165, 1.54) is 0 Å². The molecule has 0 radical (unpaired) electrons. The molecule has 0 amide bonds. The molecule has 0 aromatic heterocycles. The van der Waals surface area contributed by atoms with Gasteiger partial charge in [0, 0.05) is 11.0 Å². The first-order valence-electron chi connectivity index (χ1n) is 5.01. The molecule has 1 aromatic rings. The van der Waals surface area contributed by atoms with E-state index in [0.717, 1.165) is 9.37 Å². The molecule has 0 heterocycles. The first-order chi connectivity index (χ1) is 8.26. The summed E-state index contributed by atoms with van der Waals surface area (Å²) in [5.41, 5.74) is 0.628. The van der Waals surface area contributed by atoms with Crippen LogP contribution < -0.4 is 0 Å². The lowest BCUT2D eigenvalue weighted by Gasteiger charge is -2.21. The number of halogens is 4. The van der Waals surface area contributed by atoms with Crippen molar-refractivity contribution < 1.29 is 23.1 Å². The molecule has 1 aromatic carbocycles. The van der Waals surface area contributed by atoms with Crippen LogP contribution in [-0.2, 0) is 11.3 Å². The van der Waals surface area contributed by atoms with Crippen LogP contribution in [0.15, 0.2) is 28.7 Å². The molecular weight excluding hydrogens is 315 g/mol. The second kappa shape index (κ2) is 6.19. The summed E-state index contributed by atoms with van der Waals surface area (Å²) in [5.74, 6) is -1.28. The average Bonchev–Trinajstić information content (AvgIpc) is 2.18. The third kappa shape index (κ3) is 6.02. The highest BCUT2D eigenvalue weighted by molar-refractivity contribution is 9.10. The first kappa shape index (κ1) is 15.0. The van der Waals surface area contributed by atoms with Crippen molar-refractivity contribution in [3.05, 3.63) is 34.3 Å². The average molecular weight is 326 g/mol. The topological polar surface area (TPSA) is 40.5 Å². The highest BCUT2D eigenvalue weighted by Crippen LogP contribution is 2.18. The lowest BCUT2D eigenvalue weighted by molar-refractivity contribution is -0.154. The van der Waals surface area contributed by atoms with Gasteiger partial charge in [-0.15, -0.1) is 0 Å². The van der Waals surface area contributed by atoms with Crippen LogP contribution in [0.25, 0.3) is 0 Å². The van der Waals surface area contributed by atoms with E-state index >= 15 is 0 Å². The molecule has 0 saturated carbocycles. The number of benzene rings is 1. The molecule has 0 fully saturated rings. The monoisotopic (exact) mass is 325 g/mol. The number of carboxylic acids is 1. The van der Waals surface area contributed by atoms with Crippen molar-refractivity contribution in [1.29, 1.82) is 0 Å². The van der Waals surface area contributed by atoms with E-state index < -0.39 is 25.2 Å². The fourth-order valence-corrected chi connectivity index (χ4v) is 1.72. The van der Waals surface area contributed by atoms with E-state index in [2.05, 4.69) is 15.9 Å². The molecule has 0 unspecified atom stereocenters. The van der Waals surface area contributed by atoms with Gasteiger partial charge in [-0.2, -0.15) is 13.2 Å². The highest BCUT2D eigenvalue weighted by atomic mass is 79.9. The zero-order valence-corrected chi connectivity index (χ0v) is 10.8. The van der Waals surface area contributed by atoms with Crippen molar-refractivity contribution in [3.8, 4) is 0 Å². The Morgan fingerprint density at radius 1 is 1.28 bits per heavy atom. The summed E-state index contributed by atoms with van der Waals surface area (Å²) in [4.78, 5) is 11.4. The predicted molar refractivity (Wildman–Crippen MR) is 63.1 cm³/mol. The van der Waals surface area contributed by atoms with Crippen LogP contribution >= 0.6 is 15.9 Å². The van der Waals surface area contributed by atoms with E-state index in [0.29, 0.717) is 5.56 Å². The van der Waals surface area contributed by atoms with Crippen molar-refractivity contribution in [2.75, 3.05) is 13.1 Å². The maximum atomic E-state index is 12.3. The Morgan fingerprint density at radius 3 is 2.28 bits per heavy atom. The molecule has 0 saturated heterocycles. The summed E-state index contributed by atoms with van der Waals surface area (Å²) in [5, 5.41) is 8.59. The highest BCUT2D eigenvalue weighted by Gasteiger charge is 2.31. The molecule has 0 atom stereocenters. The lowest BCUT2D eigenvalue weighted by atomic mass is 10.2. The Morgan fingerprint density at radius 2 is 1.83 bits per heavy atom. The SMILES string of the molecule is O=C(O)CN(Cc1ccc(Br)cc1)CC(F)(F)F. The van der Waals surface area contributed by atoms with Crippen molar-refractivity contribution in [2.45, 2.75) is 12.7 Å². The van der Waals surface area contributed by atoms with Gasteiger partial charge in [0.1, 0.15) is 0 Å². The molecule has 0 aliphatic carbocycles. The van der Waals surface area contributed by atoms with Crippen LogP contribution in [0, 0.1) is 0 Å². The fourth-order valence-electron chi connectivity index (χ4n) is 1.46. The van der Waals surface area contributed by atoms with E-state index in [1.807, 2.05) is 0 Å². The molecular formula is C11H11BrF3NO2. The van der Waals surface area contributed by atoms with Gasteiger partial charge in [-0.1, -0.05) is 28.1 Å². The second-order valence-electron chi connectivity index (χ2n) is 3.78. The third-order valence-electron chi connectivity index (χ3n) is 2.08. The summed E-state index contributed by atoms with van der Waals surface area (Å²) in [6.07, 6.45) is -4.41. The summed E-state index contributed by atoms with van der Waals surface area (Å²) in [7, 11) is 0. The molecule has 0 aliphatic rings. The van der Waals surface area contributed by atoms with Crippen LogP contribution in [-0.4, -0.2) is 35.2 Å². The number of carboxylic acid groups (broad SMARTS) is 1. The van der Waals surface area contributed by atoms with Gasteiger partial charge in [0.15, 0.2) is 0 Å². The second-order valence-corrected chi connectivity index (χ2v) is 4.70. The summed E-state index contributed by atoms with van der Waals surface area (Å²) >= 11 is 3.21. The smallest absolute Gasteiger partial charge is 0.401 e. The van der Waals surface area contributed by atoms with E-state index in [9.17, 15) is 18.0 Å². The summed E-state index contributed by atoms with van der Waals surface area (Å²) < 4.78 is 37.7. The Labute approximate surface area is 110 Å². The van der Waals surface area contributed by atoms with Gasteiger partial charge < -0.3 is 5.11 Å². The van der Waals surface area contributed by atoms with Crippen molar-refractivity contribution in [2.24, 2.45) is 0 Å². The van der Waals surface area contributed by atoms with E-state index in [1.54, 1.807) is 24.3 Å². The molecule has 18 heavy (non-hydrogen) atoms. The lowest BCUT2D eigenvalue weighted by Crippen LogP contribution is -2.37. The van der Waals surface area contributed by atoms with Gasteiger partial charge in [0.2, 0.25) is 0 Å². The predicted octanol–water partition coefficient (Wildman–Crippen LogP) is 2.90. The quantitative estimate of drug-likeness (QED) is 0.905. The standard InChI is InChI=1S/C11H11BrF3NO2/c12-9-3-1-8(2-4-9)5-16(6-10(17)18)7-11(13,14)15/h1-4H,5-7H2,(H,17,18). The van der Waals surface area contributed by atoms with Crippen LogP contribution in [0.1, 0.15) is 5.56 Å². The van der Waals surface area contributed by atoms with Crippen LogP contribution in [0.3, 0.4) is 0 Å². The number of carbonyl (C=O) groups is 1. The number of hydrogen-bond donors (Lipinski definition) is 1. The third-order valence-corrected chi connectivity index (χ3v) is 2.61. The molecule has 3 nitrogen and oxygen atoms in total. The zero-order chi connectivity index (χ0) is 13.8. The Balaban J connectivity index is 2.71. The minimum Gasteiger partial charge on any atom is -0.480 e. The van der Waals surface area contributed by atoms with Gasteiger partial charge in [-0.25, -0.2) is 0 Å². The minimum atomic E-state index is -4.41. The van der Waals surface area contributed by atoms with Crippen LogP contribution in [0.2, 0.25) is 0 Å². The van der Waals surface area contributed by atoms with Crippen LogP contribution in [0.5, 0.6) is 0 Å². The van der Waals surface area contributed by atoms with E-state index in [4.69, 9.17) is 5.11 Å². The molecule has 0 aliphatic heterocycles. The maximum Gasteiger partial charge on any atom is 0.401 e. The summed E-state index contributed by atoms with van der Waals surface area (Å²) in [6.45, 7) is -1.94. The van der Waals surface area contributed by atoms with Gasteiger partial charge >= 0.3 is 12.1 Å². The largest absolute Gasteiger partial charge is 0.480 e. The first-order valence-corrected chi connectivity index (χ1v) is 5.81. The Kier molecular flexibility index (Phi) is 5.15. The minimum absolute atomic E-state index is 0.0565.